The first kappa shape index (κ1) is 20.7. The quantitative estimate of drug-likeness (QED) is 0.751. The summed E-state index contributed by atoms with van der Waals surface area (Å²) in [6, 6.07) is 14.6. The summed E-state index contributed by atoms with van der Waals surface area (Å²) < 4.78 is 0. The molecule has 2 aromatic carbocycles. The number of hydrogen-bond acceptors (Lipinski definition) is 4. The second-order valence-corrected chi connectivity index (χ2v) is 7.93. The normalized spacial score (nSPS) is 15.9. The monoisotopic (exact) mass is 417 g/mol. The summed E-state index contributed by atoms with van der Waals surface area (Å²) in [5.41, 5.74) is 1.36. The van der Waals surface area contributed by atoms with E-state index in [4.69, 9.17) is 11.6 Å². The van der Waals surface area contributed by atoms with Crippen molar-refractivity contribution < 1.29 is 9.59 Å². The number of halogens is 1. The second kappa shape index (κ2) is 9.45. The number of amides is 2. The predicted molar refractivity (Wildman–Crippen MR) is 115 cm³/mol. The van der Waals surface area contributed by atoms with E-state index in [1.807, 2.05) is 49.6 Å². The second-order valence-electron chi connectivity index (χ2n) is 6.67. The summed E-state index contributed by atoms with van der Waals surface area (Å²) in [5, 5.41) is 3.49. The molecule has 2 amide bonds. The molecule has 0 radical (unpaired) electrons. The molecule has 0 aliphatic carbocycles. The Morgan fingerprint density at radius 2 is 1.68 bits per heavy atom. The number of para-hydroxylation sites is 1. The molecule has 1 aliphatic heterocycles. The van der Waals surface area contributed by atoms with Crippen LogP contribution in [0.1, 0.15) is 17.3 Å². The highest BCUT2D eigenvalue weighted by molar-refractivity contribution is 7.98. The van der Waals surface area contributed by atoms with Gasteiger partial charge in [0.15, 0.2) is 0 Å². The number of hydrogen-bond donors (Lipinski definition) is 1. The first-order valence-electron chi connectivity index (χ1n) is 9.23. The van der Waals surface area contributed by atoms with Gasteiger partial charge in [-0.25, -0.2) is 0 Å². The van der Waals surface area contributed by atoms with Crippen LogP contribution >= 0.6 is 23.4 Å². The lowest BCUT2D eigenvalue weighted by Crippen LogP contribution is -2.54. The molecule has 1 fully saturated rings. The number of thioether (sulfide) groups is 1. The lowest BCUT2D eigenvalue weighted by atomic mass is 10.1. The van der Waals surface area contributed by atoms with Gasteiger partial charge in [-0.2, -0.15) is 0 Å². The maximum Gasteiger partial charge on any atom is 0.255 e. The predicted octanol–water partition coefficient (Wildman–Crippen LogP) is 3.85. The summed E-state index contributed by atoms with van der Waals surface area (Å²) in [6.07, 6.45) is 1.99. The molecule has 1 atom stereocenters. The zero-order valence-electron chi connectivity index (χ0n) is 16.0. The molecule has 1 N–H and O–H groups in total. The maximum absolute atomic E-state index is 12.7. The summed E-state index contributed by atoms with van der Waals surface area (Å²) in [5.74, 6) is -0.0939. The van der Waals surface area contributed by atoms with E-state index in [0.29, 0.717) is 36.8 Å². The Labute approximate surface area is 175 Å². The van der Waals surface area contributed by atoms with Crippen LogP contribution in [0.3, 0.4) is 0 Å². The number of nitrogens with one attached hydrogen (secondary N) is 1. The number of carbonyl (C=O) groups is 2. The Morgan fingerprint density at radius 3 is 2.36 bits per heavy atom. The number of piperazine rings is 1. The van der Waals surface area contributed by atoms with Crippen LogP contribution < -0.4 is 5.32 Å². The molecule has 0 bridgehead atoms. The van der Waals surface area contributed by atoms with E-state index in [1.165, 1.54) is 0 Å². The number of rotatable bonds is 5. The van der Waals surface area contributed by atoms with Crippen LogP contribution in [0, 0.1) is 0 Å². The summed E-state index contributed by atoms with van der Waals surface area (Å²) in [6.45, 7) is 4.35. The van der Waals surface area contributed by atoms with Crippen LogP contribution in [-0.4, -0.2) is 60.1 Å². The summed E-state index contributed by atoms with van der Waals surface area (Å²) >= 11 is 7.75. The first-order chi connectivity index (χ1) is 13.5. The molecule has 2 aromatic rings. The molecule has 148 valence electrons. The molecule has 7 heteroatoms. The van der Waals surface area contributed by atoms with Gasteiger partial charge in [0.1, 0.15) is 0 Å². The molecular formula is C21H24ClN3O2S. The Hall–Kier alpha value is -2.02. The lowest BCUT2D eigenvalue weighted by molar-refractivity contribution is -0.121. The number of anilines is 1. The molecule has 1 heterocycles. The Balaban J connectivity index is 1.57. The smallest absolute Gasteiger partial charge is 0.255 e. The Morgan fingerprint density at radius 1 is 1.04 bits per heavy atom. The minimum atomic E-state index is -0.271. The minimum Gasteiger partial charge on any atom is -0.336 e. The van der Waals surface area contributed by atoms with E-state index in [2.05, 4.69) is 10.2 Å². The lowest BCUT2D eigenvalue weighted by Gasteiger charge is -2.37. The van der Waals surface area contributed by atoms with Crippen LogP contribution in [0.25, 0.3) is 0 Å². The molecule has 0 unspecified atom stereocenters. The average Bonchev–Trinajstić information content (AvgIpc) is 2.73. The highest BCUT2D eigenvalue weighted by atomic mass is 35.5. The van der Waals surface area contributed by atoms with Crippen LogP contribution in [0.15, 0.2) is 53.4 Å². The van der Waals surface area contributed by atoms with Gasteiger partial charge in [0, 0.05) is 31.1 Å². The topological polar surface area (TPSA) is 52.7 Å². The highest BCUT2D eigenvalue weighted by Crippen LogP contribution is 2.25. The third-order valence-corrected chi connectivity index (χ3v) is 6.12. The van der Waals surface area contributed by atoms with E-state index in [1.54, 1.807) is 28.8 Å². The van der Waals surface area contributed by atoms with Crippen molar-refractivity contribution in [3.8, 4) is 0 Å². The summed E-state index contributed by atoms with van der Waals surface area (Å²) in [4.78, 5) is 30.3. The molecule has 1 aliphatic rings. The van der Waals surface area contributed by atoms with Crippen LogP contribution in [-0.2, 0) is 4.79 Å². The van der Waals surface area contributed by atoms with Gasteiger partial charge >= 0.3 is 0 Å². The zero-order valence-corrected chi connectivity index (χ0v) is 17.6. The van der Waals surface area contributed by atoms with Crippen molar-refractivity contribution in [2.45, 2.75) is 17.9 Å². The van der Waals surface area contributed by atoms with Gasteiger partial charge in [-0.05, 0) is 37.4 Å². The van der Waals surface area contributed by atoms with E-state index in [9.17, 15) is 9.59 Å². The van der Waals surface area contributed by atoms with E-state index >= 15 is 0 Å². The molecule has 0 aromatic heterocycles. The third-order valence-electron chi connectivity index (χ3n) is 5.00. The Bertz CT molecular complexity index is 853. The van der Waals surface area contributed by atoms with Crippen molar-refractivity contribution in [2.75, 3.05) is 37.8 Å². The van der Waals surface area contributed by atoms with Gasteiger partial charge in [0.2, 0.25) is 5.91 Å². The van der Waals surface area contributed by atoms with Gasteiger partial charge in [0.05, 0.1) is 22.3 Å². The third kappa shape index (κ3) is 4.69. The Kier molecular flexibility index (Phi) is 6.99. The SMILES string of the molecule is CSc1ccccc1NC(=O)[C@@H](C)N1CCN(C(=O)c2ccccc2Cl)CC1. The van der Waals surface area contributed by atoms with Crippen molar-refractivity contribution in [1.82, 2.24) is 9.80 Å². The number of nitrogens with zero attached hydrogens (tertiary/aromatic N) is 2. The zero-order chi connectivity index (χ0) is 20.1. The molecule has 28 heavy (non-hydrogen) atoms. The maximum atomic E-state index is 12.7. The van der Waals surface area contributed by atoms with Gasteiger partial charge in [0.25, 0.3) is 5.91 Å². The van der Waals surface area contributed by atoms with Crippen molar-refractivity contribution in [1.29, 1.82) is 0 Å². The molecule has 0 spiro atoms. The van der Waals surface area contributed by atoms with Gasteiger partial charge in [-0.1, -0.05) is 35.9 Å². The van der Waals surface area contributed by atoms with E-state index < -0.39 is 0 Å². The fraction of sp³-hybridized carbons (Fsp3) is 0.333. The minimum absolute atomic E-state index is 0.0348. The number of benzene rings is 2. The summed E-state index contributed by atoms with van der Waals surface area (Å²) in [7, 11) is 0. The highest BCUT2D eigenvalue weighted by Gasteiger charge is 2.28. The van der Waals surface area contributed by atoms with Crippen molar-refractivity contribution in [2.24, 2.45) is 0 Å². The largest absolute Gasteiger partial charge is 0.336 e. The first-order valence-corrected chi connectivity index (χ1v) is 10.8. The molecule has 0 saturated carbocycles. The fourth-order valence-corrected chi connectivity index (χ4v) is 4.04. The van der Waals surface area contributed by atoms with Gasteiger partial charge in [-0.3, -0.25) is 14.5 Å². The van der Waals surface area contributed by atoms with Gasteiger partial charge in [-0.15, -0.1) is 11.8 Å². The fourth-order valence-electron chi connectivity index (χ4n) is 3.27. The van der Waals surface area contributed by atoms with Crippen molar-refractivity contribution in [3.05, 3.63) is 59.1 Å². The van der Waals surface area contributed by atoms with E-state index in [0.717, 1.165) is 10.6 Å². The van der Waals surface area contributed by atoms with Crippen LogP contribution in [0.2, 0.25) is 5.02 Å². The molecular weight excluding hydrogens is 394 g/mol. The van der Waals surface area contributed by atoms with E-state index in [-0.39, 0.29) is 17.9 Å². The van der Waals surface area contributed by atoms with Crippen LogP contribution in [0.5, 0.6) is 0 Å². The van der Waals surface area contributed by atoms with Crippen molar-refractivity contribution >= 4 is 40.9 Å². The molecule has 5 nitrogen and oxygen atoms in total. The van der Waals surface area contributed by atoms with Gasteiger partial charge < -0.3 is 10.2 Å². The van der Waals surface area contributed by atoms with Crippen LogP contribution in [0.4, 0.5) is 5.69 Å². The average molecular weight is 418 g/mol. The van der Waals surface area contributed by atoms with Crippen molar-refractivity contribution in [3.63, 3.8) is 0 Å². The number of carbonyl (C=O) groups excluding carboxylic acids is 2. The standard InChI is InChI=1S/C21H24ClN3O2S/c1-15(20(26)23-18-9-5-6-10-19(18)28-2)24-11-13-25(14-12-24)21(27)16-7-3-4-8-17(16)22/h3-10,15H,11-14H2,1-2H3,(H,23,26)/t15-/m1/s1. The molecule has 1 saturated heterocycles. The molecule has 3 rings (SSSR count).